The number of benzene rings is 2. The molecule has 0 unspecified atom stereocenters. The summed E-state index contributed by atoms with van der Waals surface area (Å²) in [4.78, 5) is 12.7. The molecule has 2 aromatic carbocycles. The maximum absolute atomic E-state index is 12.7. The number of hydrogen-bond acceptors (Lipinski definition) is 4. The predicted octanol–water partition coefficient (Wildman–Crippen LogP) is 3.29. The molecule has 7 heteroatoms. The van der Waals surface area contributed by atoms with Crippen molar-refractivity contribution >= 4 is 21.6 Å². The molecule has 0 aliphatic rings. The molecule has 0 fully saturated rings. The topological polar surface area (TPSA) is 75.7 Å². The maximum atomic E-state index is 12.7. The molecule has 0 saturated carbocycles. The molecule has 26 heavy (non-hydrogen) atoms. The van der Waals surface area contributed by atoms with Crippen molar-refractivity contribution in [3.05, 3.63) is 53.6 Å². The summed E-state index contributed by atoms with van der Waals surface area (Å²) in [5.74, 6) is 0.329. The largest absolute Gasteiger partial charge is 0.497 e. The number of anilines is 1. The van der Waals surface area contributed by atoms with Gasteiger partial charge in [0.15, 0.2) is 0 Å². The summed E-state index contributed by atoms with van der Waals surface area (Å²) in [6.07, 6.45) is 0. The van der Waals surface area contributed by atoms with Crippen molar-refractivity contribution in [3.63, 3.8) is 0 Å². The summed E-state index contributed by atoms with van der Waals surface area (Å²) in [5, 5.41) is 2.78. The molecule has 1 amide bonds. The van der Waals surface area contributed by atoms with Crippen molar-refractivity contribution in [2.45, 2.75) is 25.7 Å². The monoisotopic (exact) mass is 376 g/mol. The van der Waals surface area contributed by atoms with Gasteiger partial charge in [-0.3, -0.25) is 4.79 Å². The van der Waals surface area contributed by atoms with Gasteiger partial charge >= 0.3 is 0 Å². The molecule has 0 atom stereocenters. The number of nitrogens with one attached hydrogen (secondary N) is 1. The molecule has 0 spiro atoms. The minimum absolute atomic E-state index is 0.117. The first kappa shape index (κ1) is 19.9. The molecular formula is C19H24N2O4S. The van der Waals surface area contributed by atoms with Crippen LogP contribution in [0.4, 0.5) is 5.69 Å². The highest BCUT2D eigenvalue weighted by atomic mass is 32.2. The van der Waals surface area contributed by atoms with E-state index in [1.807, 2.05) is 0 Å². The third-order valence-electron chi connectivity index (χ3n) is 4.14. The number of methoxy groups -OCH3 is 1. The summed E-state index contributed by atoms with van der Waals surface area (Å²) in [6, 6.07) is 11.5. The van der Waals surface area contributed by atoms with E-state index in [1.165, 1.54) is 16.4 Å². The van der Waals surface area contributed by atoms with E-state index in [-0.39, 0.29) is 10.8 Å². The third kappa shape index (κ3) is 4.23. The van der Waals surface area contributed by atoms with Gasteiger partial charge in [-0.25, -0.2) is 8.42 Å². The fraction of sp³-hybridized carbons (Fsp3) is 0.316. The Bertz CT molecular complexity index is 873. The normalized spacial score (nSPS) is 11.4. The summed E-state index contributed by atoms with van der Waals surface area (Å²) in [7, 11) is -2.05. The summed E-state index contributed by atoms with van der Waals surface area (Å²) >= 11 is 0. The van der Waals surface area contributed by atoms with E-state index < -0.39 is 10.0 Å². The quantitative estimate of drug-likeness (QED) is 0.805. The third-order valence-corrected chi connectivity index (χ3v) is 6.19. The van der Waals surface area contributed by atoms with Gasteiger partial charge in [-0.1, -0.05) is 19.9 Å². The average Bonchev–Trinajstić information content (AvgIpc) is 2.63. The first-order valence-corrected chi connectivity index (χ1v) is 9.83. The molecule has 2 rings (SSSR count). The van der Waals surface area contributed by atoms with Crippen molar-refractivity contribution in [2.24, 2.45) is 0 Å². The van der Waals surface area contributed by atoms with E-state index in [1.54, 1.807) is 58.2 Å². The number of rotatable bonds is 7. The number of carbonyl (C=O) groups excluding carboxylic acids is 1. The van der Waals surface area contributed by atoms with E-state index in [0.717, 1.165) is 0 Å². The minimum atomic E-state index is -3.62. The van der Waals surface area contributed by atoms with Crippen LogP contribution in [0.2, 0.25) is 0 Å². The zero-order chi connectivity index (χ0) is 19.3. The van der Waals surface area contributed by atoms with Crippen LogP contribution in [-0.2, 0) is 10.0 Å². The maximum Gasteiger partial charge on any atom is 0.255 e. The lowest BCUT2D eigenvalue weighted by Gasteiger charge is -2.19. The fourth-order valence-electron chi connectivity index (χ4n) is 2.59. The van der Waals surface area contributed by atoms with Gasteiger partial charge in [0, 0.05) is 24.3 Å². The van der Waals surface area contributed by atoms with Crippen molar-refractivity contribution in [2.75, 3.05) is 25.5 Å². The predicted molar refractivity (Wildman–Crippen MR) is 102 cm³/mol. The Kier molecular flexibility index (Phi) is 6.39. The molecule has 140 valence electrons. The van der Waals surface area contributed by atoms with Gasteiger partial charge in [-0.05, 0) is 48.9 Å². The highest BCUT2D eigenvalue weighted by Crippen LogP contribution is 2.21. The lowest BCUT2D eigenvalue weighted by Crippen LogP contribution is -2.30. The van der Waals surface area contributed by atoms with Crippen LogP contribution >= 0.6 is 0 Å². The SMILES string of the molecule is CCN(CC)S(=O)(=O)c1ccc(C)c(C(=O)Nc2ccc(OC)cc2)c1. The first-order chi connectivity index (χ1) is 12.3. The Hall–Kier alpha value is -2.38. The second kappa shape index (κ2) is 8.33. The molecule has 0 saturated heterocycles. The van der Waals surface area contributed by atoms with Gasteiger partial charge in [0.05, 0.1) is 12.0 Å². The Labute approximate surface area is 154 Å². The number of ether oxygens (including phenoxy) is 1. The second-order valence-electron chi connectivity index (χ2n) is 5.75. The lowest BCUT2D eigenvalue weighted by molar-refractivity contribution is 0.102. The van der Waals surface area contributed by atoms with Crippen LogP contribution in [-0.4, -0.2) is 38.8 Å². The number of sulfonamides is 1. The summed E-state index contributed by atoms with van der Waals surface area (Å²) < 4.78 is 31.8. The zero-order valence-electron chi connectivity index (χ0n) is 15.4. The van der Waals surface area contributed by atoms with Crippen molar-refractivity contribution in [1.29, 1.82) is 0 Å². The standard InChI is InChI=1S/C19H24N2O4S/c1-5-21(6-2)26(23,24)17-12-7-14(3)18(13-17)19(22)20-15-8-10-16(25-4)11-9-15/h7-13H,5-6H2,1-4H3,(H,20,22). The van der Waals surface area contributed by atoms with Crippen LogP contribution in [0.1, 0.15) is 29.8 Å². The number of carbonyl (C=O) groups is 1. The molecule has 0 aliphatic heterocycles. The highest BCUT2D eigenvalue weighted by Gasteiger charge is 2.23. The molecule has 2 aromatic rings. The van der Waals surface area contributed by atoms with E-state index in [4.69, 9.17) is 4.74 Å². The van der Waals surface area contributed by atoms with Crippen LogP contribution in [0.15, 0.2) is 47.4 Å². The number of aryl methyl sites for hydroxylation is 1. The Morgan fingerprint density at radius 3 is 2.23 bits per heavy atom. The second-order valence-corrected chi connectivity index (χ2v) is 7.69. The fourth-order valence-corrected chi connectivity index (χ4v) is 4.08. The van der Waals surface area contributed by atoms with Gasteiger partial charge in [0.1, 0.15) is 5.75 Å². The van der Waals surface area contributed by atoms with Gasteiger partial charge in [0.25, 0.3) is 5.91 Å². The van der Waals surface area contributed by atoms with E-state index in [9.17, 15) is 13.2 Å². The molecular weight excluding hydrogens is 352 g/mol. The summed E-state index contributed by atoms with van der Waals surface area (Å²) in [5.41, 5.74) is 1.63. The van der Waals surface area contributed by atoms with Crippen LogP contribution < -0.4 is 10.1 Å². The van der Waals surface area contributed by atoms with Gasteiger partial charge in [-0.2, -0.15) is 4.31 Å². The van der Waals surface area contributed by atoms with Gasteiger partial charge in [-0.15, -0.1) is 0 Å². The van der Waals surface area contributed by atoms with Crippen LogP contribution in [0.25, 0.3) is 0 Å². The zero-order valence-corrected chi connectivity index (χ0v) is 16.3. The highest BCUT2D eigenvalue weighted by molar-refractivity contribution is 7.89. The van der Waals surface area contributed by atoms with Crippen molar-refractivity contribution in [3.8, 4) is 5.75 Å². The van der Waals surface area contributed by atoms with E-state index >= 15 is 0 Å². The molecule has 1 N–H and O–H groups in total. The Morgan fingerprint density at radius 2 is 1.69 bits per heavy atom. The molecule has 0 heterocycles. The van der Waals surface area contributed by atoms with Gasteiger partial charge in [0.2, 0.25) is 10.0 Å². The van der Waals surface area contributed by atoms with Crippen molar-refractivity contribution < 1.29 is 17.9 Å². The average molecular weight is 376 g/mol. The summed E-state index contributed by atoms with van der Waals surface area (Å²) in [6.45, 7) is 6.09. The number of nitrogens with zero attached hydrogens (tertiary/aromatic N) is 1. The van der Waals surface area contributed by atoms with Gasteiger partial charge < -0.3 is 10.1 Å². The lowest BCUT2D eigenvalue weighted by atomic mass is 10.1. The van der Waals surface area contributed by atoms with Crippen LogP contribution in [0.5, 0.6) is 5.75 Å². The molecule has 6 nitrogen and oxygen atoms in total. The molecule has 0 bridgehead atoms. The van der Waals surface area contributed by atoms with Crippen molar-refractivity contribution in [1.82, 2.24) is 4.31 Å². The van der Waals surface area contributed by atoms with Crippen LogP contribution in [0, 0.1) is 6.92 Å². The molecule has 0 aliphatic carbocycles. The van der Waals surface area contributed by atoms with E-state index in [0.29, 0.717) is 35.7 Å². The first-order valence-electron chi connectivity index (χ1n) is 8.39. The molecule has 0 aromatic heterocycles. The smallest absolute Gasteiger partial charge is 0.255 e. The van der Waals surface area contributed by atoms with Crippen LogP contribution in [0.3, 0.4) is 0 Å². The van der Waals surface area contributed by atoms with E-state index in [2.05, 4.69) is 5.32 Å². The Morgan fingerprint density at radius 1 is 1.08 bits per heavy atom. The minimum Gasteiger partial charge on any atom is -0.497 e. The molecule has 0 radical (unpaired) electrons. The number of hydrogen-bond donors (Lipinski definition) is 1. The Balaban J connectivity index is 2.32. The number of amides is 1.